The highest BCUT2D eigenvalue weighted by Gasteiger charge is 2.50. The molecule has 8 aromatic carbocycles. The van der Waals surface area contributed by atoms with Gasteiger partial charge < -0.3 is 9.47 Å². The van der Waals surface area contributed by atoms with Crippen LogP contribution in [0.1, 0.15) is 76.3 Å². The topological polar surface area (TPSA) is 8.17 Å². The zero-order chi connectivity index (χ0) is 39.7. The fourth-order valence-corrected chi connectivity index (χ4v) is 10.9. The summed E-state index contributed by atoms with van der Waals surface area (Å²) in [6, 6.07) is 61.1. The van der Waals surface area contributed by atoms with E-state index in [0.717, 1.165) is 17.1 Å². The maximum Gasteiger partial charge on any atom is 0.0556 e. The zero-order valence-corrected chi connectivity index (χ0v) is 34.5. The summed E-state index contributed by atoms with van der Waals surface area (Å²) < 4.78 is 2.42. The van der Waals surface area contributed by atoms with Gasteiger partial charge in [-0.1, -0.05) is 164 Å². The monoisotopic (exact) mass is 748 g/mol. The molecular weight excluding hydrogens is 701 g/mol. The van der Waals surface area contributed by atoms with Gasteiger partial charge in [-0.05, 0) is 115 Å². The molecule has 0 saturated heterocycles. The number of hydrogen-bond acceptors (Lipinski definition) is 1. The molecule has 2 aliphatic rings. The first-order valence-corrected chi connectivity index (χ1v) is 20.8. The van der Waals surface area contributed by atoms with E-state index in [0.29, 0.717) is 0 Å². The van der Waals surface area contributed by atoms with E-state index >= 15 is 0 Å². The first-order valence-electron chi connectivity index (χ1n) is 20.8. The quantitative estimate of drug-likeness (QED) is 0.174. The molecule has 2 nitrogen and oxygen atoms in total. The highest BCUT2D eigenvalue weighted by molar-refractivity contribution is 6.09. The smallest absolute Gasteiger partial charge is 0.0556 e. The van der Waals surface area contributed by atoms with Crippen molar-refractivity contribution in [2.45, 2.75) is 64.7 Å². The molecule has 0 radical (unpaired) electrons. The summed E-state index contributed by atoms with van der Waals surface area (Å²) in [5.41, 5.74) is 19.2. The summed E-state index contributed by atoms with van der Waals surface area (Å²) in [7, 11) is 0. The van der Waals surface area contributed by atoms with Crippen molar-refractivity contribution >= 4 is 49.6 Å². The Morgan fingerprint density at radius 1 is 0.466 bits per heavy atom. The minimum absolute atomic E-state index is 0.120. The van der Waals surface area contributed by atoms with Crippen molar-refractivity contribution in [3.05, 3.63) is 192 Å². The second-order valence-electron chi connectivity index (χ2n) is 18.6. The van der Waals surface area contributed by atoms with E-state index in [4.69, 9.17) is 0 Å². The van der Waals surface area contributed by atoms with Crippen LogP contribution in [0.3, 0.4) is 0 Å². The Bertz CT molecular complexity index is 3010. The zero-order valence-electron chi connectivity index (χ0n) is 34.5. The number of nitrogens with zero attached hydrogens (tertiary/aromatic N) is 2. The van der Waals surface area contributed by atoms with Gasteiger partial charge in [-0.25, -0.2) is 0 Å². The summed E-state index contributed by atoms with van der Waals surface area (Å²) >= 11 is 0. The van der Waals surface area contributed by atoms with Crippen LogP contribution in [0, 0.1) is 0 Å². The van der Waals surface area contributed by atoms with Gasteiger partial charge in [-0.2, -0.15) is 0 Å². The molecule has 0 atom stereocenters. The lowest BCUT2D eigenvalue weighted by Gasteiger charge is -2.39. The first-order chi connectivity index (χ1) is 28.0. The summed E-state index contributed by atoms with van der Waals surface area (Å²) in [5, 5.41) is 5.02. The van der Waals surface area contributed by atoms with E-state index in [1.54, 1.807) is 0 Å². The van der Waals surface area contributed by atoms with Gasteiger partial charge >= 0.3 is 0 Å². The number of benzene rings is 8. The second-order valence-corrected chi connectivity index (χ2v) is 18.6. The molecule has 0 N–H and O–H groups in total. The van der Waals surface area contributed by atoms with Crippen LogP contribution in [0.5, 0.6) is 0 Å². The summed E-state index contributed by atoms with van der Waals surface area (Å²) in [6.45, 7) is 17.1. The lowest BCUT2D eigenvalue weighted by Crippen LogP contribution is -2.27. The molecule has 0 bridgehead atoms. The van der Waals surface area contributed by atoms with Crippen molar-refractivity contribution in [1.82, 2.24) is 4.57 Å². The molecule has 2 heteroatoms. The number of fused-ring (bicyclic) bond motifs is 10. The van der Waals surface area contributed by atoms with E-state index in [-0.39, 0.29) is 16.2 Å². The van der Waals surface area contributed by atoms with Crippen LogP contribution in [-0.2, 0) is 16.2 Å². The fourth-order valence-electron chi connectivity index (χ4n) is 10.9. The van der Waals surface area contributed by atoms with E-state index in [2.05, 4.69) is 222 Å². The van der Waals surface area contributed by atoms with E-state index in [9.17, 15) is 0 Å². The molecule has 1 heterocycles. The van der Waals surface area contributed by atoms with Gasteiger partial charge in [0.25, 0.3) is 0 Å². The van der Waals surface area contributed by atoms with Gasteiger partial charge in [0.2, 0.25) is 0 Å². The van der Waals surface area contributed by atoms with Crippen LogP contribution in [0.25, 0.3) is 60.5 Å². The maximum atomic E-state index is 2.62. The minimum atomic E-state index is -0.265. The molecular formula is C56H48N2. The Hall–Kier alpha value is -6.38. The lowest BCUT2D eigenvalue weighted by atomic mass is 9.71. The Morgan fingerprint density at radius 2 is 0.931 bits per heavy atom. The molecule has 0 unspecified atom stereocenters. The van der Waals surface area contributed by atoms with Gasteiger partial charge in [0.05, 0.1) is 16.7 Å². The van der Waals surface area contributed by atoms with Crippen molar-refractivity contribution in [1.29, 1.82) is 0 Å². The maximum absolute atomic E-state index is 2.62. The molecule has 58 heavy (non-hydrogen) atoms. The second kappa shape index (κ2) is 12.1. The molecule has 282 valence electrons. The fraction of sp³-hybridized carbons (Fsp3) is 0.179. The third-order valence-electron chi connectivity index (χ3n) is 13.4. The lowest BCUT2D eigenvalue weighted by molar-refractivity contribution is 0.587. The van der Waals surface area contributed by atoms with E-state index < -0.39 is 0 Å². The Morgan fingerprint density at radius 3 is 1.48 bits per heavy atom. The normalized spacial score (nSPS) is 14.7. The number of aromatic nitrogens is 1. The molecule has 1 aromatic heterocycles. The summed E-state index contributed by atoms with van der Waals surface area (Å²) in [5.74, 6) is 0. The standard InChI is InChI=1S/C56H48N2/c1-54(2,3)50-48-42-22-10-14-24-44(42)55(4,5)51(48)53(52-49(50)43-23-11-15-25-45(43)56(52,6)7)57(39-29-28-35-18-8-9-19-36(35)34-39)37-30-32-38(33-31-37)58-46-26-16-12-20-40(46)41-21-13-17-27-47(41)58/h8-34H,1-7H3. The number of rotatable bonds is 4. The third kappa shape index (κ3) is 4.72. The van der Waals surface area contributed by atoms with Crippen molar-refractivity contribution < 1.29 is 0 Å². The Kier molecular flexibility index (Phi) is 7.25. The molecule has 9 aromatic rings. The van der Waals surface area contributed by atoms with Crippen molar-refractivity contribution in [2.24, 2.45) is 0 Å². The predicted molar refractivity (Wildman–Crippen MR) is 247 cm³/mol. The molecule has 0 amide bonds. The Balaban J connectivity index is 1.27. The molecule has 0 spiro atoms. The number of hydrogen-bond donors (Lipinski definition) is 0. The first kappa shape index (κ1) is 34.8. The van der Waals surface area contributed by atoms with Gasteiger partial charge in [-0.3, -0.25) is 0 Å². The number of anilines is 3. The van der Waals surface area contributed by atoms with Gasteiger partial charge in [0, 0.05) is 38.7 Å². The Labute approximate surface area is 342 Å². The van der Waals surface area contributed by atoms with Crippen molar-refractivity contribution in [3.63, 3.8) is 0 Å². The van der Waals surface area contributed by atoms with Crippen molar-refractivity contribution in [2.75, 3.05) is 4.90 Å². The molecule has 2 aliphatic carbocycles. The highest BCUT2D eigenvalue weighted by Crippen LogP contribution is 2.65. The number of para-hydroxylation sites is 2. The van der Waals surface area contributed by atoms with Crippen LogP contribution < -0.4 is 4.90 Å². The average Bonchev–Trinajstić information content (AvgIpc) is 3.78. The summed E-state index contributed by atoms with van der Waals surface area (Å²) in [6.07, 6.45) is 0. The third-order valence-corrected chi connectivity index (χ3v) is 13.4. The van der Waals surface area contributed by atoms with Crippen LogP contribution in [0.2, 0.25) is 0 Å². The van der Waals surface area contributed by atoms with Gasteiger partial charge in [-0.15, -0.1) is 0 Å². The van der Waals surface area contributed by atoms with Crippen LogP contribution in [0.4, 0.5) is 17.1 Å². The molecule has 0 fully saturated rings. The van der Waals surface area contributed by atoms with Crippen LogP contribution in [-0.4, -0.2) is 4.57 Å². The van der Waals surface area contributed by atoms with Crippen LogP contribution in [0.15, 0.2) is 164 Å². The average molecular weight is 749 g/mol. The molecule has 11 rings (SSSR count). The molecule has 0 aliphatic heterocycles. The highest BCUT2D eigenvalue weighted by atomic mass is 15.2. The van der Waals surface area contributed by atoms with Crippen molar-refractivity contribution in [3.8, 4) is 27.9 Å². The SMILES string of the molecule is CC(C)(C)c1c2c(c(N(c3ccc(-n4c5ccccc5c5ccccc54)cc3)c3ccc4ccccc4c3)c3c1-c1ccccc1C3(C)C)C(C)(C)c1ccccc1-2. The van der Waals surface area contributed by atoms with Gasteiger partial charge in [0.1, 0.15) is 0 Å². The van der Waals surface area contributed by atoms with Gasteiger partial charge in [0.15, 0.2) is 0 Å². The van der Waals surface area contributed by atoms with E-state index in [1.807, 2.05) is 0 Å². The minimum Gasteiger partial charge on any atom is -0.310 e. The summed E-state index contributed by atoms with van der Waals surface area (Å²) in [4.78, 5) is 2.62. The van der Waals surface area contributed by atoms with E-state index in [1.165, 1.54) is 88.3 Å². The largest absolute Gasteiger partial charge is 0.310 e. The van der Waals surface area contributed by atoms with Crippen LogP contribution >= 0.6 is 0 Å². The predicted octanol–water partition coefficient (Wildman–Crippen LogP) is 15.3. The molecule has 0 saturated carbocycles.